The van der Waals surface area contributed by atoms with Gasteiger partial charge in [-0.3, -0.25) is 27.9 Å². The minimum atomic E-state index is -3.80. The lowest BCUT2D eigenvalue weighted by molar-refractivity contribution is -0.116. The maximum Gasteiger partial charge on any atom is 0.475 e. The Balaban J connectivity index is 1.16. The number of phosphoric acid groups is 1. The predicted molar refractivity (Wildman–Crippen MR) is 197 cm³/mol. The van der Waals surface area contributed by atoms with Gasteiger partial charge >= 0.3 is 7.82 Å². The minimum absolute atomic E-state index is 0.0716. The molecular formula is C36H48F2N7O7P. The van der Waals surface area contributed by atoms with Gasteiger partial charge in [-0.1, -0.05) is 6.07 Å². The third-order valence-electron chi connectivity index (χ3n) is 7.89. The Kier molecular flexibility index (Phi) is 12.7. The van der Waals surface area contributed by atoms with Gasteiger partial charge in [0.1, 0.15) is 18.7 Å². The average Bonchev–Trinajstić information content (AvgIpc) is 3.71. The van der Waals surface area contributed by atoms with Gasteiger partial charge in [-0.25, -0.2) is 23.3 Å². The largest absolute Gasteiger partial charge is 0.493 e. The van der Waals surface area contributed by atoms with Crippen LogP contribution in [0.15, 0.2) is 49.1 Å². The fourth-order valence-electron chi connectivity index (χ4n) is 5.77. The lowest BCUT2D eigenvalue weighted by atomic mass is 10.2. The lowest BCUT2D eigenvalue weighted by Gasteiger charge is -2.32. The third kappa shape index (κ3) is 11.4. The normalized spacial score (nSPS) is 15.5. The number of fused-ring (bicyclic) bond motifs is 1. The number of hydrogen-bond acceptors (Lipinski definition) is 12. The molecule has 1 amide bonds. The highest BCUT2D eigenvalue weighted by atomic mass is 31.2. The van der Waals surface area contributed by atoms with Crippen LogP contribution in [-0.2, 0) is 29.5 Å². The third-order valence-corrected chi connectivity index (χ3v) is 9.90. The minimum Gasteiger partial charge on any atom is -0.493 e. The van der Waals surface area contributed by atoms with Crippen molar-refractivity contribution in [3.8, 4) is 11.5 Å². The van der Waals surface area contributed by atoms with E-state index in [4.69, 9.17) is 23.0 Å². The Morgan fingerprint density at radius 2 is 1.81 bits per heavy atom. The molecule has 2 N–H and O–H groups in total. The van der Waals surface area contributed by atoms with Gasteiger partial charge in [-0.15, -0.1) is 0 Å². The molecule has 1 aliphatic rings. The molecule has 0 bridgehead atoms. The first kappa shape index (κ1) is 40.0. The van der Waals surface area contributed by atoms with E-state index in [0.29, 0.717) is 40.5 Å². The van der Waals surface area contributed by atoms with Crippen molar-refractivity contribution in [1.29, 1.82) is 0 Å². The van der Waals surface area contributed by atoms with Gasteiger partial charge < -0.3 is 20.1 Å². The highest BCUT2D eigenvalue weighted by Gasteiger charge is 2.38. The number of likely N-dealkylation sites (tertiary alicyclic amines) is 1. The molecule has 0 spiro atoms. The molecule has 3 heterocycles. The quantitative estimate of drug-likeness (QED) is 0.0861. The Labute approximate surface area is 308 Å². The number of nitrogens with one attached hydrogen (secondary N) is 2. The molecule has 53 heavy (non-hydrogen) atoms. The second kappa shape index (κ2) is 16.9. The fourth-order valence-corrected chi connectivity index (χ4v) is 7.61. The van der Waals surface area contributed by atoms with Crippen molar-refractivity contribution in [2.45, 2.75) is 84.6 Å². The molecule has 0 unspecified atom stereocenters. The summed E-state index contributed by atoms with van der Waals surface area (Å²) in [5.41, 5.74) is -0.519. The molecular weight excluding hydrogens is 711 g/mol. The van der Waals surface area contributed by atoms with Crippen LogP contribution in [0, 0.1) is 11.6 Å². The number of halogens is 2. The molecule has 5 rings (SSSR count). The summed E-state index contributed by atoms with van der Waals surface area (Å²) in [6.45, 7) is 13.0. The van der Waals surface area contributed by atoms with E-state index in [1.165, 1.54) is 29.3 Å². The standard InChI is InChI=1S/C36H48F2N7O7P/c1-35(2,3)51-53(47,52-36(4,5)6)50-22-25-11-9-14-44(25)15-10-16-49-31-18-29-26(17-30(31)48-7)34(40-23-39-29)42-24-19-41-45(20-24)21-32(46)43-28-13-8-12-27(37)33(28)38/h8,12-13,17-20,23,25H,9-11,14-16,21-22H2,1-7H3,(H,43,46)(H,39,40,42)/t25-/m0/s1. The molecule has 2 aromatic carbocycles. The second-order valence-corrected chi connectivity index (χ2v) is 16.1. The Morgan fingerprint density at radius 1 is 1.06 bits per heavy atom. The molecule has 1 fully saturated rings. The van der Waals surface area contributed by atoms with Crippen molar-refractivity contribution in [1.82, 2.24) is 24.6 Å². The van der Waals surface area contributed by atoms with Crippen LogP contribution in [0.5, 0.6) is 11.5 Å². The molecule has 0 aliphatic carbocycles. The van der Waals surface area contributed by atoms with Gasteiger partial charge in [-0.2, -0.15) is 5.10 Å². The molecule has 1 saturated heterocycles. The zero-order chi connectivity index (χ0) is 38.4. The molecule has 288 valence electrons. The van der Waals surface area contributed by atoms with Crippen molar-refractivity contribution in [3.63, 3.8) is 0 Å². The number of aromatic nitrogens is 4. The van der Waals surface area contributed by atoms with E-state index in [-0.39, 0.29) is 24.9 Å². The van der Waals surface area contributed by atoms with Gasteiger partial charge in [0.05, 0.1) is 54.6 Å². The topological polar surface area (TPSA) is 151 Å². The molecule has 1 aliphatic heterocycles. The number of rotatable bonds is 16. The maximum absolute atomic E-state index is 14.0. The SMILES string of the molecule is COc1cc2c(Nc3cnn(CC(=O)Nc4cccc(F)c4F)c3)ncnc2cc1OCCCN1CCC[C@H]1COP(=O)(OC(C)(C)C)OC(C)(C)C. The molecule has 0 saturated carbocycles. The number of methoxy groups -OCH3 is 1. The van der Waals surface area contributed by atoms with E-state index >= 15 is 0 Å². The summed E-state index contributed by atoms with van der Waals surface area (Å²) in [6.07, 6.45) is 7.14. The predicted octanol–water partition coefficient (Wildman–Crippen LogP) is 7.48. The van der Waals surface area contributed by atoms with E-state index in [2.05, 4.69) is 30.6 Å². The van der Waals surface area contributed by atoms with Crippen LogP contribution >= 0.6 is 7.82 Å². The van der Waals surface area contributed by atoms with Crippen molar-refractivity contribution in [2.24, 2.45) is 0 Å². The summed E-state index contributed by atoms with van der Waals surface area (Å²) < 4.78 is 71.6. The first-order chi connectivity index (χ1) is 25.0. The number of nitrogens with zero attached hydrogens (tertiary/aromatic N) is 5. The van der Waals surface area contributed by atoms with Crippen LogP contribution < -0.4 is 20.1 Å². The number of phosphoric ester groups is 1. The number of amides is 1. The van der Waals surface area contributed by atoms with E-state index in [1.54, 1.807) is 25.4 Å². The molecule has 1 atom stereocenters. The summed E-state index contributed by atoms with van der Waals surface area (Å²) in [6, 6.07) is 7.19. The monoisotopic (exact) mass is 759 g/mol. The van der Waals surface area contributed by atoms with Crippen LogP contribution in [0.2, 0.25) is 0 Å². The maximum atomic E-state index is 14.0. The molecule has 0 radical (unpaired) electrons. The highest BCUT2D eigenvalue weighted by molar-refractivity contribution is 7.48. The van der Waals surface area contributed by atoms with E-state index in [0.717, 1.165) is 38.4 Å². The Morgan fingerprint density at radius 3 is 2.53 bits per heavy atom. The zero-order valence-corrected chi connectivity index (χ0v) is 32.0. The molecule has 14 nitrogen and oxygen atoms in total. The van der Waals surface area contributed by atoms with Crippen molar-refractivity contribution >= 4 is 41.8 Å². The number of benzene rings is 2. The summed E-state index contributed by atoms with van der Waals surface area (Å²) in [4.78, 5) is 23.6. The van der Waals surface area contributed by atoms with Crippen LogP contribution in [0.25, 0.3) is 10.9 Å². The smallest absolute Gasteiger partial charge is 0.475 e. The van der Waals surface area contributed by atoms with Crippen LogP contribution in [0.1, 0.15) is 60.8 Å². The number of anilines is 3. The lowest BCUT2D eigenvalue weighted by Crippen LogP contribution is -2.35. The molecule has 4 aromatic rings. The average molecular weight is 760 g/mol. The van der Waals surface area contributed by atoms with Crippen molar-refractivity contribution in [3.05, 3.63) is 60.7 Å². The van der Waals surface area contributed by atoms with Crippen LogP contribution in [-0.4, -0.2) is 81.2 Å². The molecule has 2 aromatic heterocycles. The summed E-state index contributed by atoms with van der Waals surface area (Å²) >= 11 is 0. The van der Waals surface area contributed by atoms with Gasteiger partial charge in [-0.05, 0) is 85.5 Å². The van der Waals surface area contributed by atoms with Gasteiger partial charge in [0.15, 0.2) is 23.1 Å². The zero-order valence-electron chi connectivity index (χ0n) is 31.1. The Bertz CT molecular complexity index is 1910. The Hall–Kier alpha value is -4.21. The number of carbonyl (C=O) groups is 1. The first-order valence-electron chi connectivity index (χ1n) is 17.4. The van der Waals surface area contributed by atoms with Gasteiger partial charge in [0, 0.05) is 30.2 Å². The highest BCUT2D eigenvalue weighted by Crippen LogP contribution is 2.55. The van der Waals surface area contributed by atoms with Crippen LogP contribution in [0.3, 0.4) is 0 Å². The number of carbonyl (C=O) groups excluding carboxylic acids is 1. The molecule has 17 heteroatoms. The second-order valence-electron chi connectivity index (χ2n) is 14.6. The van der Waals surface area contributed by atoms with E-state index < -0.39 is 36.6 Å². The van der Waals surface area contributed by atoms with Gasteiger partial charge in [0.2, 0.25) is 5.91 Å². The number of hydrogen-bond donors (Lipinski definition) is 2. The van der Waals surface area contributed by atoms with Gasteiger partial charge in [0.25, 0.3) is 0 Å². The van der Waals surface area contributed by atoms with Crippen LogP contribution in [0.4, 0.5) is 26.0 Å². The summed E-state index contributed by atoms with van der Waals surface area (Å²) in [7, 11) is -2.25. The fraction of sp³-hybridized carbons (Fsp3) is 0.500. The van der Waals surface area contributed by atoms with E-state index in [9.17, 15) is 18.1 Å². The summed E-state index contributed by atoms with van der Waals surface area (Å²) in [5.74, 6) is -1.28. The number of ether oxygens (including phenoxy) is 2. The summed E-state index contributed by atoms with van der Waals surface area (Å²) in [5, 5.41) is 10.4. The first-order valence-corrected chi connectivity index (χ1v) is 18.9. The van der Waals surface area contributed by atoms with Crippen molar-refractivity contribution < 1.29 is 41.2 Å². The van der Waals surface area contributed by atoms with E-state index in [1.807, 2.05) is 41.5 Å². The van der Waals surface area contributed by atoms with Crippen molar-refractivity contribution in [2.75, 3.05) is 44.0 Å².